The molecule has 65 heavy (non-hydrogen) atoms. The lowest BCUT2D eigenvalue weighted by atomic mass is 9.94. The maximum atomic E-state index is 12.9. The normalized spacial score (nSPS) is 12.1. The number of nitrogens with zero attached hydrogens (tertiary/aromatic N) is 1. The van der Waals surface area contributed by atoms with Crippen LogP contribution in [0.3, 0.4) is 0 Å². The number of nitrogens with one attached hydrogen (secondary N) is 1. The predicted molar refractivity (Wildman–Crippen MR) is 260 cm³/mol. The summed E-state index contributed by atoms with van der Waals surface area (Å²) in [4.78, 5) is 64.7. The summed E-state index contributed by atoms with van der Waals surface area (Å²) >= 11 is 0. The van der Waals surface area contributed by atoms with Crippen molar-refractivity contribution in [2.24, 2.45) is 11.8 Å². The van der Waals surface area contributed by atoms with Crippen molar-refractivity contribution in [3.63, 3.8) is 0 Å². The van der Waals surface area contributed by atoms with Crippen LogP contribution in [0.25, 0.3) is 0 Å². The Morgan fingerprint density at radius 1 is 0.431 bits per heavy atom. The van der Waals surface area contributed by atoms with Crippen LogP contribution in [0.5, 0.6) is 0 Å². The predicted octanol–water partition coefficient (Wildman–Crippen LogP) is 12.8. The van der Waals surface area contributed by atoms with Crippen molar-refractivity contribution >= 4 is 30.2 Å². The molecular formula is C52H98N2O11. The molecule has 0 saturated heterocycles. The number of rotatable bonds is 47. The number of ether oxygens (including phenoxy) is 6. The first-order valence-electron chi connectivity index (χ1n) is 26.6. The molecule has 0 aromatic carbocycles. The van der Waals surface area contributed by atoms with E-state index in [9.17, 15) is 24.0 Å². The van der Waals surface area contributed by atoms with E-state index in [-0.39, 0.29) is 50.7 Å². The van der Waals surface area contributed by atoms with Gasteiger partial charge in [0.1, 0.15) is 19.8 Å². The van der Waals surface area contributed by atoms with Crippen LogP contribution in [-0.4, -0.2) is 101 Å². The lowest BCUT2D eigenvalue weighted by Gasteiger charge is -2.18. The third kappa shape index (κ3) is 42.0. The summed E-state index contributed by atoms with van der Waals surface area (Å²) < 4.78 is 32.5. The van der Waals surface area contributed by atoms with Crippen LogP contribution in [-0.2, 0) is 42.8 Å². The van der Waals surface area contributed by atoms with Gasteiger partial charge in [-0.15, -0.1) is 0 Å². The summed E-state index contributed by atoms with van der Waals surface area (Å²) in [6.45, 7) is 14.6. The van der Waals surface area contributed by atoms with Gasteiger partial charge in [-0.05, 0) is 70.9 Å². The third-order valence-electron chi connectivity index (χ3n) is 11.9. The zero-order chi connectivity index (χ0) is 47.9. The molecular weight excluding hydrogens is 829 g/mol. The van der Waals surface area contributed by atoms with Gasteiger partial charge in [0.15, 0.2) is 0 Å². The Morgan fingerprint density at radius 3 is 1.46 bits per heavy atom. The van der Waals surface area contributed by atoms with Gasteiger partial charge in [-0.3, -0.25) is 14.4 Å². The summed E-state index contributed by atoms with van der Waals surface area (Å²) in [5.74, 6) is -1.25. The minimum absolute atomic E-state index is 0.00170. The summed E-state index contributed by atoms with van der Waals surface area (Å²) in [6.07, 6.45) is 28.2. The number of esters is 3. The molecule has 0 saturated carbocycles. The Labute approximate surface area is 396 Å². The van der Waals surface area contributed by atoms with Crippen molar-refractivity contribution in [2.45, 2.75) is 227 Å². The smallest absolute Gasteiger partial charge is 0.466 e. The van der Waals surface area contributed by atoms with E-state index >= 15 is 0 Å². The Hall–Kier alpha value is -3.09. The standard InChI is InChI=1S/C52H98N2O11/c1-6-11-14-17-19-20-23-31-40-60-48(55)36-28-25-29-37-49(56)63-43-46(45-65-52(59)62-42-33-39-54(9-4)10-5)44-64-51(58)53-38-30-22-24-32-41-61-50(57)47(34-26-16-13-8-3)35-27-21-18-15-12-7-2/h46-47H,6-45H2,1-5H3,(H,53,58). The fourth-order valence-corrected chi connectivity index (χ4v) is 7.52. The molecule has 2 unspecified atom stereocenters. The van der Waals surface area contributed by atoms with E-state index < -0.39 is 24.1 Å². The Kier molecular flexibility index (Phi) is 45.2. The minimum atomic E-state index is -0.827. The van der Waals surface area contributed by atoms with Crippen LogP contribution in [0.2, 0.25) is 0 Å². The van der Waals surface area contributed by atoms with E-state index in [1.165, 1.54) is 89.9 Å². The molecule has 0 aliphatic rings. The first kappa shape index (κ1) is 61.9. The van der Waals surface area contributed by atoms with Gasteiger partial charge < -0.3 is 38.6 Å². The van der Waals surface area contributed by atoms with E-state index in [1.807, 2.05) is 0 Å². The van der Waals surface area contributed by atoms with Gasteiger partial charge in [-0.2, -0.15) is 0 Å². The van der Waals surface area contributed by atoms with Crippen LogP contribution in [0.15, 0.2) is 0 Å². The Bertz CT molecular complexity index is 1140. The minimum Gasteiger partial charge on any atom is -0.466 e. The maximum absolute atomic E-state index is 12.9. The number of carbonyl (C=O) groups excluding carboxylic acids is 5. The zero-order valence-electron chi connectivity index (χ0n) is 42.4. The first-order chi connectivity index (χ1) is 31.7. The molecule has 0 bridgehead atoms. The number of unbranched alkanes of at least 4 members (excludes halogenated alkanes) is 20. The molecule has 382 valence electrons. The lowest BCUT2D eigenvalue weighted by molar-refractivity contribution is -0.149. The Balaban J connectivity index is 4.57. The highest BCUT2D eigenvalue weighted by Crippen LogP contribution is 2.21. The molecule has 0 aliphatic carbocycles. The van der Waals surface area contributed by atoms with Crippen molar-refractivity contribution in [2.75, 3.05) is 65.8 Å². The van der Waals surface area contributed by atoms with E-state index in [2.05, 4.69) is 44.8 Å². The summed E-state index contributed by atoms with van der Waals surface area (Å²) in [6, 6.07) is 0. The number of hydrogen-bond acceptors (Lipinski definition) is 12. The van der Waals surface area contributed by atoms with Gasteiger partial charge in [-0.25, -0.2) is 9.59 Å². The molecule has 1 N–H and O–H groups in total. The number of hydrogen-bond donors (Lipinski definition) is 1. The van der Waals surface area contributed by atoms with E-state index in [0.29, 0.717) is 51.9 Å². The molecule has 0 radical (unpaired) electrons. The van der Waals surface area contributed by atoms with Crippen molar-refractivity contribution in [1.82, 2.24) is 10.2 Å². The molecule has 0 spiro atoms. The average molecular weight is 927 g/mol. The molecule has 2 atom stereocenters. The second-order valence-electron chi connectivity index (χ2n) is 17.8. The lowest BCUT2D eigenvalue weighted by Crippen LogP contribution is -2.31. The molecule has 13 nitrogen and oxygen atoms in total. The molecule has 1 amide bonds. The van der Waals surface area contributed by atoms with E-state index in [4.69, 9.17) is 28.4 Å². The second kappa shape index (κ2) is 47.4. The number of carbonyl (C=O) groups is 5. The molecule has 0 rings (SSSR count). The maximum Gasteiger partial charge on any atom is 0.508 e. The van der Waals surface area contributed by atoms with Gasteiger partial charge in [-0.1, -0.05) is 157 Å². The SMILES string of the molecule is CCCCCCCCCCOC(=O)CCCCCC(=O)OCC(COC(=O)NCCCCCCOC(=O)C(CCCCCC)CCCCCCCC)COC(=O)OCCCN(CC)CC. The largest absolute Gasteiger partial charge is 0.508 e. The van der Waals surface area contributed by atoms with E-state index in [1.54, 1.807) is 0 Å². The van der Waals surface area contributed by atoms with Crippen LogP contribution in [0.1, 0.15) is 227 Å². The highest BCUT2D eigenvalue weighted by molar-refractivity contribution is 5.72. The molecule has 0 aromatic rings. The molecule has 13 heteroatoms. The van der Waals surface area contributed by atoms with Crippen molar-refractivity contribution in [1.29, 1.82) is 0 Å². The number of amides is 1. The highest BCUT2D eigenvalue weighted by Gasteiger charge is 2.20. The van der Waals surface area contributed by atoms with Crippen LogP contribution in [0.4, 0.5) is 9.59 Å². The van der Waals surface area contributed by atoms with Crippen molar-refractivity contribution in [3.8, 4) is 0 Å². The monoisotopic (exact) mass is 927 g/mol. The summed E-state index contributed by atoms with van der Waals surface area (Å²) in [5.41, 5.74) is 0. The summed E-state index contributed by atoms with van der Waals surface area (Å²) in [5, 5.41) is 2.76. The Morgan fingerprint density at radius 2 is 0.877 bits per heavy atom. The first-order valence-corrected chi connectivity index (χ1v) is 26.6. The second-order valence-corrected chi connectivity index (χ2v) is 17.8. The molecule has 0 aromatic heterocycles. The van der Waals surface area contributed by atoms with Crippen LogP contribution < -0.4 is 5.32 Å². The van der Waals surface area contributed by atoms with E-state index in [0.717, 1.165) is 83.8 Å². The zero-order valence-corrected chi connectivity index (χ0v) is 42.4. The van der Waals surface area contributed by atoms with Gasteiger partial charge in [0.25, 0.3) is 0 Å². The van der Waals surface area contributed by atoms with Crippen molar-refractivity contribution < 1.29 is 52.4 Å². The fourth-order valence-electron chi connectivity index (χ4n) is 7.52. The van der Waals surface area contributed by atoms with Crippen LogP contribution in [0, 0.1) is 11.8 Å². The topological polar surface area (TPSA) is 156 Å². The van der Waals surface area contributed by atoms with Crippen molar-refractivity contribution in [3.05, 3.63) is 0 Å². The van der Waals surface area contributed by atoms with Gasteiger partial charge >= 0.3 is 30.2 Å². The average Bonchev–Trinajstić information content (AvgIpc) is 3.30. The number of alkyl carbamates (subject to hydrolysis) is 1. The molecule has 0 fully saturated rings. The molecule has 0 heterocycles. The fraction of sp³-hybridized carbons (Fsp3) is 0.904. The quantitative estimate of drug-likeness (QED) is 0.0351. The highest BCUT2D eigenvalue weighted by atomic mass is 16.7. The van der Waals surface area contributed by atoms with Gasteiger partial charge in [0, 0.05) is 25.9 Å². The van der Waals surface area contributed by atoms with Gasteiger partial charge in [0.05, 0.1) is 31.7 Å². The van der Waals surface area contributed by atoms with Gasteiger partial charge in [0.2, 0.25) is 0 Å². The summed E-state index contributed by atoms with van der Waals surface area (Å²) in [7, 11) is 0. The third-order valence-corrected chi connectivity index (χ3v) is 11.9. The van der Waals surface area contributed by atoms with Crippen LogP contribution >= 0.6 is 0 Å². The molecule has 0 aliphatic heterocycles.